The first-order valence-electron chi connectivity index (χ1n) is 4.23. The van der Waals surface area contributed by atoms with Crippen molar-refractivity contribution in [3.8, 4) is 0 Å². The number of nitrogens with two attached hydrogens (primary N) is 1. The maximum Gasteiger partial charge on any atom is 0.309 e. The van der Waals surface area contributed by atoms with Crippen LogP contribution in [0.5, 0.6) is 0 Å². The van der Waals surface area contributed by atoms with E-state index in [2.05, 4.69) is 0 Å². The molecule has 0 aliphatic heterocycles. The number of aliphatic carboxylic acids is 1. The molecule has 0 aromatic carbocycles. The summed E-state index contributed by atoms with van der Waals surface area (Å²) in [6, 6.07) is 0. The van der Waals surface area contributed by atoms with E-state index in [4.69, 9.17) is 10.8 Å². The largest absolute Gasteiger partial charge is 0.481 e. The van der Waals surface area contributed by atoms with E-state index in [-0.39, 0.29) is 0 Å². The molecule has 1 unspecified atom stereocenters. The van der Waals surface area contributed by atoms with Gasteiger partial charge >= 0.3 is 5.97 Å². The Labute approximate surface area is 74.0 Å². The minimum Gasteiger partial charge on any atom is -0.481 e. The Morgan fingerprint density at radius 3 is 1.92 bits per heavy atom. The van der Waals surface area contributed by atoms with E-state index in [0.29, 0.717) is 12.8 Å². The van der Waals surface area contributed by atoms with Gasteiger partial charge in [-0.15, -0.1) is 0 Å². The van der Waals surface area contributed by atoms with E-state index in [0.717, 1.165) is 0 Å². The highest BCUT2D eigenvalue weighted by Gasteiger charge is 2.35. The van der Waals surface area contributed by atoms with Crippen molar-refractivity contribution in [2.45, 2.75) is 46.1 Å². The predicted molar refractivity (Wildman–Crippen MR) is 48.9 cm³/mol. The predicted octanol–water partition coefficient (Wildman–Crippen LogP) is 1.61. The third-order valence-electron chi connectivity index (χ3n) is 2.14. The lowest BCUT2D eigenvalue weighted by molar-refractivity contribution is -0.149. The second-order valence-electron chi connectivity index (χ2n) is 4.38. The molecule has 0 heterocycles. The van der Waals surface area contributed by atoms with Gasteiger partial charge in [-0.25, -0.2) is 0 Å². The SMILES string of the molecule is CCC(C)(CC(C)(C)N)C(=O)O. The lowest BCUT2D eigenvalue weighted by Crippen LogP contribution is -2.41. The van der Waals surface area contributed by atoms with Crippen LogP contribution in [0.25, 0.3) is 0 Å². The van der Waals surface area contributed by atoms with Gasteiger partial charge in [0.25, 0.3) is 0 Å². The van der Waals surface area contributed by atoms with E-state index in [9.17, 15) is 4.79 Å². The van der Waals surface area contributed by atoms with Crippen LogP contribution >= 0.6 is 0 Å². The Kier molecular flexibility index (Phi) is 3.27. The van der Waals surface area contributed by atoms with Crippen molar-refractivity contribution in [1.82, 2.24) is 0 Å². The van der Waals surface area contributed by atoms with Crippen LogP contribution in [-0.4, -0.2) is 16.6 Å². The molecule has 0 bridgehead atoms. The second kappa shape index (κ2) is 3.44. The molecule has 72 valence electrons. The Morgan fingerprint density at radius 2 is 1.83 bits per heavy atom. The van der Waals surface area contributed by atoms with Crippen molar-refractivity contribution in [2.24, 2.45) is 11.1 Å². The van der Waals surface area contributed by atoms with E-state index < -0.39 is 16.9 Å². The summed E-state index contributed by atoms with van der Waals surface area (Å²) in [6.45, 7) is 7.32. The maximum absolute atomic E-state index is 10.9. The van der Waals surface area contributed by atoms with E-state index in [1.54, 1.807) is 6.92 Å². The second-order valence-corrected chi connectivity index (χ2v) is 4.38. The van der Waals surface area contributed by atoms with Crippen molar-refractivity contribution < 1.29 is 9.90 Å². The molecule has 3 nitrogen and oxygen atoms in total. The summed E-state index contributed by atoms with van der Waals surface area (Å²) in [6.07, 6.45) is 1.12. The van der Waals surface area contributed by atoms with Crippen LogP contribution in [0, 0.1) is 5.41 Å². The molecule has 0 rings (SSSR count). The van der Waals surface area contributed by atoms with Crippen LogP contribution in [-0.2, 0) is 4.79 Å². The monoisotopic (exact) mass is 173 g/mol. The zero-order valence-electron chi connectivity index (χ0n) is 8.35. The first-order valence-corrected chi connectivity index (χ1v) is 4.23. The average Bonchev–Trinajstić information content (AvgIpc) is 1.83. The molecule has 0 amide bonds. The summed E-state index contributed by atoms with van der Waals surface area (Å²) in [5.74, 6) is -0.761. The third-order valence-corrected chi connectivity index (χ3v) is 2.14. The highest BCUT2D eigenvalue weighted by Crippen LogP contribution is 2.30. The summed E-state index contributed by atoms with van der Waals surface area (Å²) >= 11 is 0. The van der Waals surface area contributed by atoms with Gasteiger partial charge in [0.15, 0.2) is 0 Å². The number of hydrogen-bond donors (Lipinski definition) is 2. The van der Waals surface area contributed by atoms with Gasteiger partial charge in [0, 0.05) is 5.54 Å². The molecule has 0 spiro atoms. The molecule has 0 saturated carbocycles. The van der Waals surface area contributed by atoms with E-state index in [1.807, 2.05) is 20.8 Å². The average molecular weight is 173 g/mol. The zero-order chi connectivity index (χ0) is 9.99. The topological polar surface area (TPSA) is 63.3 Å². The molecule has 0 aliphatic rings. The fourth-order valence-corrected chi connectivity index (χ4v) is 1.36. The smallest absolute Gasteiger partial charge is 0.309 e. The third kappa shape index (κ3) is 3.22. The molecule has 3 N–H and O–H groups in total. The van der Waals surface area contributed by atoms with Crippen molar-refractivity contribution in [1.29, 1.82) is 0 Å². The van der Waals surface area contributed by atoms with Crippen LogP contribution in [0.1, 0.15) is 40.5 Å². The summed E-state index contributed by atoms with van der Waals surface area (Å²) in [7, 11) is 0. The first-order chi connectivity index (χ1) is 5.21. The quantitative estimate of drug-likeness (QED) is 0.679. The molecule has 0 saturated heterocycles. The number of carboxylic acids is 1. The molecule has 0 radical (unpaired) electrons. The Hall–Kier alpha value is -0.570. The standard InChI is InChI=1S/C9H19NO2/c1-5-9(4,7(11)12)6-8(2,3)10/h5-6,10H2,1-4H3,(H,11,12). The van der Waals surface area contributed by atoms with Crippen LogP contribution in [0.15, 0.2) is 0 Å². The fraction of sp³-hybridized carbons (Fsp3) is 0.889. The maximum atomic E-state index is 10.9. The Balaban J connectivity index is 4.46. The lowest BCUT2D eigenvalue weighted by atomic mass is 9.77. The number of carbonyl (C=O) groups is 1. The first kappa shape index (κ1) is 11.4. The van der Waals surface area contributed by atoms with Gasteiger partial charge in [-0.2, -0.15) is 0 Å². The Bertz CT molecular complexity index is 172. The summed E-state index contributed by atoms with van der Waals surface area (Å²) < 4.78 is 0. The highest BCUT2D eigenvalue weighted by molar-refractivity contribution is 5.74. The van der Waals surface area contributed by atoms with Crippen molar-refractivity contribution in [2.75, 3.05) is 0 Å². The van der Waals surface area contributed by atoms with Crippen molar-refractivity contribution in [3.05, 3.63) is 0 Å². The minimum absolute atomic E-state index is 0.414. The van der Waals surface area contributed by atoms with E-state index in [1.165, 1.54) is 0 Å². The molecular formula is C9H19NO2. The molecule has 0 aromatic rings. The highest BCUT2D eigenvalue weighted by atomic mass is 16.4. The summed E-state index contributed by atoms with van der Waals surface area (Å²) in [5.41, 5.74) is 4.68. The normalized spacial score (nSPS) is 17.1. The molecule has 0 aliphatic carbocycles. The summed E-state index contributed by atoms with van der Waals surface area (Å²) in [5, 5.41) is 8.94. The Morgan fingerprint density at radius 1 is 1.42 bits per heavy atom. The number of hydrogen-bond acceptors (Lipinski definition) is 2. The number of rotatable bonds is 4. The molecule has 3 heteroatoms. The molecule has 1 atom stereocenters. The van der Waals surface area contributed by atoms with E-state index >= 15 is 0 Å². The van der Waals surface area contributed by atoms with Gasteiger partial charge in [0.1, 0.15) is 0 Å². The van der Waals surface area contributed by atoms with Gasteiger partial charge < -0.3 is 10.8 Å². The molecule has 12 heavy (non-hydrogen) atoms. The van der Waals surface area contributed by atoms with Crippen molar-refractivity contribution >= 4 is 5.97 Å². The minimum atomic E-state index is -0.761. The van der Waals surface area contributed by atoms with Gasteiger partial charge in [0.05, 0.1) is 5.41 Å². The summed E-state index contributed by atoms with van der Waals surface area (Å²) in [4.78, 5) is 10.9. The zero-order valence-corrected chi connectivity index (χ0v) is 8.35. The molecular weight excluding hydrogens is 154 g/mol. The van der Waals surface area contributed by atoms with Gasteiger partial charge in [-0.1, -0.05) is 6.92 Å². The van der Waals surface area contributed by atoms with Crippen LogP contribution < -0.4 is 5.73 Å². The van der Waals surface area contributed by atoms with Gasteiger partial charge in [-0.3, -0.25) is 4.79 Å². The van der Waals surface area contributed by atoms with Gasteiger partial charge in [-0.05, 0) is 33.6 Å². The lowest BCUT2D eigenvalue weighted by Gasteiger charge is -2.30. The van der Waals surface area contributed by atoms with Crippen LogP contribution in [0.3, 0.4) is 0 Å². The van der Waals surface area contributed by atoms with Gasteiger partial charge in [0.2, 0.25) is 0 Å². The fourth-order valence-electron chi connectivity index (χ4n) is 1.36. The van der Waals surface area contributed by atoms with Crippen LogP contribution in [0.4, 0.5) is 0 Å². The molecule has 0 fully saturated rings. The van der Waals surface area contributed by atoms with Crippen molar-refractivity contribution in [3.63, 3.8) is 0 Å². The molecule has 0 aromatic heterocycles. The number of carboxylic acid groups (broad SMARTS) is 1. The van der Waals surface area contributed by atoms with Crippen LogP contribution in [0.2, 0.25) is 0 Å².